The Bertz CT molecular complexity index is 650. The Morgan fingerprint density at radius 3 is 2.55 bits per heavy atom. The van der Waals surface area contributed by atoms with Gasteiger partial charge >= 0.3 is 5.97 Å². The van der Waals surface area contributed by atoms with E-state index < -0.39 is 11.4 Å². The minimum absolute atomic E-state index is 0.397. The van der Waals surface area contributed by atoms with E-state index in [-0.39, 0.29) is 0 Å². The number of rotatable bonds is 4. The van der Waals surface area contributed by atoms with Crippen LogP contribution in [-0.4, -0.2) is 15.6 Å². The molecule has 0 radical (unpaired) electrons. The van der Waals surface area contributed by atoms with Gasteiger partial charge in [0, 0.05) is 23.1 Å². The molecular weight excluding hydrogens is 250 g/mol. The highest BCUT2D eigenvalue weighted by Crippen LogP contribution is 2.31. The molecule has 3 nitrogen and oxygen atoms in total. The summed E-state index contributed by atoms with van der Waals surface area (Å²) in [5, 5.41) is 10.5. The zero-order valence-electron chi connectivity index (χ0n) is 12.9. The summed E-state index contributed by atoms with van der Waals surface area (Å²) in [7, 11) is 0. The van der Waals surface area contributed by atoms with Crippen LogP contribution in [0.1, 0.15) is 44.9 Å². The molecule has 0 aliphatic carbocycles. The number of aliphatic carboxylic acids is 1. The number of aryl methyl sites for hydroxylation is 1. The fraction of sp³-hybridized carbons (Fsp3) is 0.471. The summed E-state index contributed by atoms with van der Waals surface area (Å²) in [6, 6.07) is 6.58. The maximum absolute atomic E-state index is 11.4. The number of fused-ring (bicyclic) bond motifs is 1. The third-order valence-electron chi connectivity index (χ3n) is 3.90. The summed E-state index contributed by atoms with van der Waals surface area (Å²) in [6.45, 7) is 9.98. The van der Waals surface area contributed by atoms with Gasteiger partial charge in [-0.05, 0) is 58.2 Å². The van der Waals surface area contributed by atoms with Crippen LogP contribution in [0, 0.1) is 12.3 Å². The van der Waals surface area contributed by atoms with Crippen molar-refractivity contribution < 1.29 is 9.90 Å². The predicted octanol–water partition coefficient (Wildman–Crippen LogP) is 4.18. The Morgan fingerprint density at radius 1 is 1.35 bits per heavy atom. The molecule has 1 aromatic carbocycles. The molecule has 0 unspecified atom stereocenters. The second-order valence-electron chi connectivity index (χ2n) is 6.49. The summed E-state index contributed by atoms with van der Waals surface area (Å²) < 4.78 is 2.25. The average molecular weight is 273 g/mol. The Kier molecular flexibility index (Phi) is 3.63. The first-order valence-electron chi connectivity index (χ1n) is 7.06. The van der Waals surface area contributed by atoms with E-state index in [4.69, 9.17) is 0 Å². The van der Waals surface area contributed by atoms with Crippen LogP contribution in [0.2, 0.25) is 0 Å². The number of aromatic nitrogens is 1. The first-order valence-corrected chi connectivity index (χ1v) is 7.06. The van der Waals surface area contributed by atoms with Crippen LogP contribution < -0.4 is 0 Å². The maximum atomic E-state index is 11.4. The molecule has 1 N–H and O–H groups in total. The lowest BCUT2D eigenvalue weighted by Gasteiger charge is -2.20. The quantitative estimate of drug-likeness (QED) is 0.907. The van der Waals surface area contributed by atoms with Crippen LogP contribution >= 0.6 is 0 Å². The molecule has 0 spiro atoms. The number of carboxylic acids is 1. The minimum atomic E-state index is -0.754. The molecule has 0 aliphatic heterocycles. The van der Waals surface area contributed by atoms with E-state index in [9.17, 15) is 9.90 Å². The lowest BCUT2D eigenvalue weighted by Crippen LogP contribution is -2.26. The van der Waals surface area contributed by atoms with E-state index in [2.05, 4.69) is 37.6 Å². The fourth-order valence-corrected chi connectivity index (χ4v) is 2.73. The van der Waals surface area contributed by atoms with Crippen LogP contribution in [-0.2, 0) is 11.2 Å². The van der Waals surface area contributed by atoms with Crippen LogP contribution in [0.5, 0.6) is 0 Å². The summed E-state index contributed by atoms with van der Waals surface area (Å²) in [5.41, 5.74) is 2.77. The van der Waals surface area contributed by atoms with E-state index in [1.54, 1.807) is 13.8 Å². The predicted molar refractivity (Wildman–Crippen MR) is 82.2 cm³/mol. The first-order chi connectivity index (χ1) is 9.24. The zero-order chi connectivity index (χ0) is 15.1. The molecule has 1 heterocycles. The van der Waals surface area contributed by atoms with Gasteiger partial charge in [0.25, 0.3) is 0 Å². The van der Waals surface area contributed by atoms with Gasteiger partial charge in [-0.25, -0.2) is 0 Å². The van der Waals surface area contributed by atoms with Gasteiger partial charge < -0.3 is 9.67 Å². The van der Waals surface area contributed by atoms with Gasteiger partial charge in [0.15, 0.2) is 0 Å². The molecule has 0 saturated carbocycles. The summed E-state index contributed by atoms with van der Waals surface area (Å²) in [6.07, 6.45) is 2.70. The highest BCUT2D eigenvalue weighted by molar-refractivity contribution is 5.88. The van der Waals surface area contributed by atoms with Crippen molar-refractivity contribution in [2.75, 3.05) is 0 Å². The first kappa shape index (κ1) is 14.6. The van der Waals surface area contributed by atoms with Gasteiger partial charge in [0.1, 0.15) is 0 Å². The van der Waals surface area contributed by atoms with E-state index in [0.717, 1.165) is 5.56 Å². The van der Waals surface area contributed by atoms with Gasteiger partial charge in [-0.1, -0.05) is 12.1 Å². The molecule has 2 aromatic rings. The Morgan fingerprint density at radius 2 is 2.00 bits per heavy atom. The Hall–Kier alpha value is -1.77. The maximum Gasteiger partial charge on any atom is 0.309 e. The number of nitrogens with zero attached hydrogens (tertiary/aromatic N) is 1. The van der Waals surface area contributed by atoms with Gasteiger partial charge in [0.2, 0.25) is 0 Å². The van der Waals surface area contributed by atoms with Crippen LogP contribution in [0.25, 0.3) is 10.9 Å². The number of carbonyl (C=O) groups is 1. The highest BCUT2D eigenvalue weighted by atomic mass is 16.4. The molecule has 0 fully saturated rings. The average Bonchev–Trinajstić information content (AvgIpc) is 2.67. The largest absolute Gasteiger partial charge is 0.481 e. The fourth-order valence-electron chi connectivity index (χ4n) is 2.73. The lowest BCUT2D eigenvalue weighted by molar-refractivity contribution is -0.146. The molecule has 3 heteroatoms. The standard InChI is InChI=1S/C17H23NO2/c1-11(2)18-10-12(3)15-13(7-6-8-14(15)18)9-17(4,5)16(19)20/h6-8,10-11H,9H2,1-5H3,(H,19,20). The third kappa shape index (κ3) is 2.45. The van der Waals surface area contributed by atoms with Crippen molar-refractivity contribution in [1.82, 2.24) is 4.57 Å². The van der Waals surface area contributed by atoms with Crippen molar-refractivity contribution in [3.63, 3.8) is 0 Å². The monoisotopic (exact) mass is 273 g/mol. The Labute approximate surface area is 120 Å². The van der Waals surface area contributed by atoms with Gasteiger partial charge in [-0.3, -0.25) is 4.79 Å². The zero-order valence-corrected chi connectivity index (χ0v) is 12.9. The van der Waals surface area contributed by atoms with Crippen molar-refractivity contribution in [3.8, 4) is 0 Å². The number of hydrogen-bond acceptors (Lipinski definition) is 1. The summed E-state index contributed by atoms with van der Waals surface area (Å²) >= 11 is 0. The molecule has 0 amide bonds. The third-order valence-corrected chi connectivity index (χ3v) is 3.90. The second kappa shape index (κ2) is 4.97. The molecule has 0 atom stereocenters. The Balaban J connectivity index is 2.59. The molecule has 2 rings (SSSR count). The molecule has 0 bridgehead atoms. The highest BCUT2D eigenvalue weighted by Gasteiger charge is 2.28. The molecule has 0 saturated heterocycles. The van der Waals surface area contributed by atoms with Gasteiger partial charge in [0.05, 0.1) is 5.41 Å². The SMILES string of the molecule is Cc1cn(C(C)C)c2cccc(CC(C)(C)C(=O)O)c12. The topological polar surface area (TPSA) is 42.2 Å². The van der Waals surface area contributed by atoms with Crippen molar-refractivity contribution >= 4 is 16.9 Å². The van der Waals surface area contributed by atoms with Crippen LogP contribution in [0.3, 0.4) is 0 Å². The second-order valence-corrected chi connectivity index (χ2v) is 6.49. The van der Waals surface area contributed by atoms with Crippen LogP contribution in [0.15, 0.2) is 24.4 Å². The molecular formula is C17H23NO2. The number of benzene rings is 1. The van der Waals surface area contributed by atoms with E-state index in [0.29, 0.717) is 12.5 Å². The van der Waals surface area contributed by atoms with Crippen LogP contribution in [0.4, 0.5) is 0 Å². The molecule has 108 valence electrons. The minimum Gasteiger partial charge on any atom is -0.481 e. The molecule has 1 aromatic heterocycles. The summed E-state index contributed by atoms with van der Waals surface area (Å²) in [4.78, 5) is 11.4. The van der Waals surface area contributed by atoms with E-state index in [1.165, 1.54) is 16.5 Å². The number of hydrogen-bond donors (Lipinski definition) is 1. The lowest BCUT2D eigenvalue weighted by atomic mass is 9.84. The molecule has 20 heavy (non-hydrogen) atoms. The van der Waals surface area contributed by atoms with Gasteiger partial charge in [-0.15, -0.1) is 0 Å². The van der Waals surface area contributed by atoms with Crippen molar-refractivity contribution in [1.29, 1.82) is 0 Å². The normalized spacial score (nSPS) is 12.3. The van der Waals surface area contributed by atoms with Crippen molar-refractivity contribution in [3.05, 3.63) is 35.5 Å². The van der Waals surface area contributed by atoms with E-state index >= 15 is 0 Å². The van der Waals surface area contributed by atoms with Crippen molar-refractivity contribution in [2.45, 2.75) is 47.1 Å². The molecule has 0 aliphatic rings. The number of carboxylic acid groups (broad SMARTS) is 1. The smallest absolute Gasteiger partial charge is 0.309 e. The summed E-state index contributed by atoms with van der Waals surface area (Å²) in [5.74, 6) is -0.754. The van der Waals surface area contributed by atoms with Gasteiger partial charge in [-0.2, -0.15) is 0 Å². The van der Waals surface area contributed by atoms with Crippen molar-refractivity contribution in [2.24, 2.45) is 5.41 Å². The van der Waals surface area contributed by atoms with E-state index in [1.807, 2.05) is 12.1 Å².